The smallest absolute Gasteiger partial charge is 0.267 e. The fourth-order valence-corrected chi connectivity index (χ4v) is 10.3. The van der Waals surface area contributed by atoms with E-state index in [1.807, 2.05) is 59.0 Å². The van der Waals surface area contributed by atoms with Gasteiger partial charge in [-0.25, -0.2) is 38.3 Å². The topological polar surface area (TPSA) is 288 Å². The third kappa shape index (κ3) is 10.4. The molecule has 24 nitrogen and oxygen atoms in total. The first-order valence-corrected chi connectivity index (χ1v) is 27.9. The molecule has 1 unspecified atom stereocenters. The van der Waals surface area contributed by atoms with E-state index in [1.54, 1.807) is 72.3 Å². The largest absolute Gasteiger partial charge is 0.491 e. The van der Waals surface area contributed by atoms with Gasteiger partial charge in [0.2, 0.25) is 0 Å². The summed E-state index contributed by atoms with van der Waals surface area (Å²) in [4.78, 5) is 69.5. The SMILES string of the molecule is CC(C)n1cnnc1-c1cc(CC(C)n2cnnc2-c2cccc(-n3cnc4cc(OCC(N)=O)c(-n5cnc(C6CC6)c5)cc4c3=O)n2)cc(-n2cnc3cc(OCCCS(C)(=O)=O)c(-n4cnc(C5CC5)c4)cc3c2=O)n1. The summed E-state index contributed by atoms with van der Waals surface area (Å²) in [6.45, 7) is 5.80. The summed E-state index contributed by atoms with van der Waals surface area (Å²) in [6.07, 6.45) is 19.3. The van der Waals surface area contributed by atoms with Crippen LogP contribution in [0.3, 0.4) is 0 Å². The number of imidazole rings is 2. The molecule has 8 aromatic heterocycles. The number of fused-ring (bicyclic) bond motifs is 2. The predicted molar refractivity (Wildman–Crippen MR) is 290 cm³/mol. The molecule has 0 aliphatic heterocycles. The van der Waals surface area contributed by atoms with Gasteiger partial charge < -0.3 is 33.5 Å². The Balaban J connectivity index is 0.877. The first kappa shape index (κ1) is 50.6. The van der Waals surface area contributed by atoms with E-state index in [2.05, 4.69) is 35.3 Å². The van der Waals surface area contributed by atoms with Gasteiger partial charge in [0, 0.05) is 54.7 Å². The maximum atomic E-state index is 14.8. The maximum absolute atomic E-state index is 14.8. The van der Waals surface area contributed by atoms with Crippen molar-refractivity contribution in [2.24, 2.45) is 5.73 Å². The molecule has 2 saturated carbocycles. The second-order valence-corrected chi connectivity index (χ2v) is 22.7. The van der Waals surface area contributed by atoms with Crippen molar-refractivity contribution in [1.29, 1.82) is 0 Å². The van der Waals surface area contributed by atoms with E-state index in [1.165, 1.54) is 28.0 Å². The van der Waals surface area contributed by atoms with Crippen LogP contribution in [0.1, 0.15) is 93.7 Å². The Kier molecular flexibility index (Phi) is 13.0. The summed E-state index contributed by atoms with van der Waals surface area (Å²) in [5, 5.41) is 18.0. The van der Waals surface area contributed by atoms with Crippen molar-refractivity contribution in [3.63, 3.8) is 0 Å². The van der Waals surface area contributed by atoms with Crippen LogP contribution in [0.25, 0.3) is 67.9 Å². The van der Waals surface area contributed by atoms with E-state index < -0.39 is 21.3 Å². The molecule has 8 heterocycles. The molecular formula is C54H53N17O7S. The van der Waals surface area contributed by atoms with E-state index in [9.17, 15) is 22.8 Å². The van der Waals surface area contributed by atoms with Crippen LogP contribution < -0.4 is 26.3 Å². The number of benzene rings is 2. The number of pyridine rings is 2. The average molecular weight is 1080 g/mol. The molecule has 2 aliphatic carbocycles. The first-order chi connectivity index (χ1) is 38.1. The third-order valence-electron chi connectivity index (χ3n) is 14.0. The summed E-state index contributed by atoms with van der Waals surface area (Å²) in [6, 6.07) is 15.4. The van der Waals surface area contributed by atoms with Crippen LogP contribution in [0.4, 0.5) is 0 Å². The number of rotatable bonds is 20. The first-order valence-electron chi connectivity index (χ1n) is 25.8. The number of sulfone groups is 1. The van der Waals surface area contributed by atoms with Gasteiger partial charge in [-0.15, -0.1) is 20.4 Å². The van der Waals surface area contributed by atoms with E-state index in [0.29, 0.717) is 86.4 Å². The quantitative estimate of drug-likeness (QED) is 0.0911. The molecule has 12 rings (SSSR count). The minimum Gasteiger partial charge on any atom is -0.491 e. The fourth-order valence-electron chi connectivity index (χ4n) is 9.61. The normalized spacial score (nSPS) is 14.1. The highest BCUT2D eigenvalue weighted by Gasteiger charge is 2.28. The van der Waals surface area contributed by atoms with Crippen molar-refractivity contribution in [1.82, 2.24) is 77.7 Å². The lowest BCUT2D eigenvalue weighted by atomic mass is 10.1. The minimum atomic E-state index is -3.20. The third-order valence-corrected chi connectivity index (χ3v) is 15.0. The number of ether oxygens (including phenoxy) is 2. The Hall–Kier alpha value is -9.26. The molecule has 402 valence electrons. The van der Waals surface area contributed by atoms with Crippen molar-refractivity contribution in [3.8, 4) is 57.5 Å². The summed E-state index contributed by atoms with van der Waals surface area (Å²) in [5.41, 5.74) is 9.99. The number of primary amides is 1. The zero-order chi connectivity index (χ0) is 54.7. The number of aromatic nitrogens is 16. The average Bonchev–Trinajstić information content (AvgIpc) is 4.29. The van der Waals surface area contributed by atoms with Gasteiger partial charge >= 0.3 is 0 Å². The highest BCUT2D eigenvalue weighted by atomic mass is 32.2. The molecular weight excluding hydrogens is 1030 g/mol. The minimum absolute atomic E-state index is 0.0151. The van der Waals surface area contributed by atoms with Crippen LogP contribution in [-0.4, -0.2) is 117 Å². The summed E-state index contributed by atoms with van der Waals surface area (Å²) in [7, 11) is -3.20. The van der Waals surface area contributed by atoms with Crippen LogP contribution in [0.15, 0.2) is 115 Å². The number of hydrogen-bond donors (Lipinski definition) is 1. The molecule has 0 spiro atoms. The van der Waals surface area contributed by atoms with Gasteiger partial charge in [-0.2, -0.15) is 0 Å². The zero-order valence-electron chi connectivity index (χ0n) is 43.5. The Bertz CT molecular complexity index is 4240. The second-order valence-electron chi connectivity index (χ2n) is 20.4. The molecule has 1 amide bonds. The van der Waals surface area contributed by atoms with Gasteiger partial charge in [0.1, 0.15) is 69.7 Å². The van der Waals surface area contributed by atoms with Gasteiger partial charge in [0.05, 0.1) is 69.6 Å². The number of amides is 1. The Morgan fingerprint density at radius 3 is 1.84 bits per heavy atom. The number of carbonyl (C=O) groups excluding carboxylic acids is 1. The molecule has 2 N–H and O–H groups in total. The zero-order valence-corrected chi connectivity index (χ0v) is 44.3. The molecule has 79 heavy (non-hydrogen) atoms. The van der Waals surface area contributed by atoms with Crippen molar-refractivity contribution >= 4 is 37.6 Å². The molecule has 1 atom stereocenters. The molecule has 25 heteroatoms. The molecule has 2 aliphatic rings. The van der Waals surface area contributed by atoms with Crippen LogP contribution in [0.5, 0.6) is 11.5 Å². The van der Waals surface area contributed by atoms with E-state index in [4.69, 9.17) is 30.2 Å². The Morgan fingerprint density at radius 2 is 1.25 bits per heavy atom. The van der Waals surface area contributed by atoms with Crippen LogP contribution in [-0.2, 0) is 21.1 Å². The molecule has 2 fully saturated rings. The maximum Gasteiger partial charge on any atom is 0.267 e. The fraction of sp³-hybridized carbons (Fsp3) is 0.315. The lowest BCUT2D eigenvalue weighted by Gasteiger charge is -2.18. The van der Waals surface area contributed by atoms with E-state index in [-0.39, 0.29) is 54.2 Å². The van der Waals surface area contributed by atoms with E-state index >= 15 is 0 Å². The summed E-state index contributed by atoms with van der Waals surface area (Å²) < 4.78 is 45.9. The van der Waals surface area contributed by atoms with Crippen LogP contribution >= 0.6 is 0 Å². The van der Waals surface area contributed by atoms with Gasteiger partial charge in [-0.05, 0) is 101 Å². The number of nitrogens with two attached hydrogens (primary N) is 1. The lowest BCUT2D eigenvalue weighted by Crippen LogP contribution is -2.22. The lowest BCUT2D eigenvalue weighted by molar-refractivity contribution is -0.119. The molecule has 2 aromatic carbocycles. The molecule has 0 saturated heterocycles. The van der Waals surface area contributed by atoms with Gasteiger partial charge in [-0.3, -0.25) is 23.5 Å². The van der Waals surface area contributed by atoms with Crippen molar-refractivity contribution in [2.45, 2.75) is 83.2 Å². The van der Waals surface area contributed by atoms with Crippen LogP contribution in [0, 0.1) is 0 Å². The molecule has 0 radical (unpaired) electrons. The highest BCUT2D eigenvalue weighted by molar-refractivity contribution is 7.90. The van der Waals surface area contributed by atoms with E-state index in [0.717, 1.165) is 42.6 Å². The van der Waals surface area contributed by atoms with Crippen molar-refractivity contribution in [2.75, 3.05) is 25.2 Å². The number of nitrogens with zero attached hydrogens (tertiary/aromatic N) is 16. The van der Waals surface area contributed by atoms with Gasteiger partial charge in [0.25, 0.3) is 17.0 Å². The van der Waals surface area contributed by atoms with Gasteiger partial charge in [0.15, 0.2) is 18.3 Å². The summed E-state index contributed by atoms with van der Waals surface area (Å²) in [5.74, 6) is 2.33. The number of hydrogen-bond acceptors (Lipinski definition) is 17. The highest BCUT2D eigenvalue weighted by Crippen LogP contribution is 2.41. The monoisotopic (exact) mass is 1080 g/mol. The van der Waals surface area contributed by atoms with Crippen LogP contribution in [0.2, 0.25) is 0 Å². The Labute approximate surface area is 450 Å². The second kappa shape index (κ2) is 20.3. The Morgan fingerprint density at radius 1 is 0.684 bits per heavy atom. The standard InChI is InChI=1S/C54H53N17O7S/c1-31(2)68-29-60-65-52(68)41-16-33(17-50(63-41)71-28-59-39-20-46(77-13-6-14-79(4,75)76)44(18-37(39)54(71)74)66-22-42(56-25-66)34-9-10-34)15-32(3)69-30-61-64-51(69)38-7-5-8-49(62-38)70-27-58-40-21-47(78-24-48(55)72)45(19-36(40)53(70)73)67-23-43(57-26-67)35-11-12-35/h5,7-8,16-23,25-32,34-35H,6,9-15,24H2,1-4H3,(H2,55,72). The van der Waals surface area contributed by atoms with Crippen molar-refractivity contribution < 1.29 is 22.7 Å². The summed E-state index contributed by atoms with van der Waals surface area (Å²) >= 11 is 0. The van der Waals surface area contributed by atoms with Gasteiger partial charge in [-0.1, -0.05) is 6.07 Å². The predicted octanol–water partition coefficient (Wildman–Crippen LogP) is 5.58. The molecule has 0 bridgehead atoms. The van der Waals surface area contributed by atoms with Crippen molar-refractivity contribution in [3.05, 3.63) is 143 Å². The molecule has 10 aromatic rings. The number of carbonyl (C=O) groups is 1.